The minimum Gasteiger partial charge on any atom is -0.486 e. The van der Waals surface area contributed by atoms with Gasteiger partial charge in [-0.15, -0.1) is 0 Å². The molecule has 162 valence electrons. The number of amides is 1. The zero-order valence-corrected chi connectivity index (χ0v) is 18.3. The number of hydrogen-bond acceptors (Lipinski definition) is 4. The van der Waals surface area contributed by atoms with E-state index in [1.54, 1.807) is 0 Å². The van der Waals surface area contributed by atoms with Crippen molar-refractivity contribution in [2.75, 3.05) is 38.1 Å². The van der Waals surface area contributed by atoms with Crippen molar-refractivity contribution in [3.8, 4) is 5.75 Å². The molecule has 1 aliphatic heterocycles. The van der Waals surface area contributed by atoms with E-state index in [0.717, 1.165) is 68.9 Å². The molecule has 0 bridgehead atoms. The van der Waals surface area contributed by atoms with Crippen molar-refractivity contribution in [3.63, 3.8) is 0 Å². The van der Waals surface area contributed by atoms with Crippen LogP contribution in [0.3, 0.4) is 0 Å². The van der Waals surface area contributed by atoms with Gasteiger partial charge >= 0.3 is 0 Å². The maximum absolute atomic E-state index is 13.2. The third-order valence-electron chi connectivity index (χ3n) is 5.68. The summed E-state index contributed by atoms with van der Waals surface area (Å²) in [4.78, 5) is 15.1. The van der Waals surface area contributed by atoms with Gasteiger partial charge in [-0.2, -0.15) is 0 Å². The number of nitrogens with one attached hydrogen (secondary N) is 2. The van der Waals surface area contributed by atoms with Gasteiger partial charge in [-0.3, -0.25) is 4.79 Å². The van der Waals surface area contributed by atoms with Crippen LogP contribution in [0.5, 0.6) is 5.75 Å². The van der Waals surface area contributed by atoms with Crippen molar-refractivity contribution in [2.24, 2.45) is 5.92 Å². The topological polar surface area (TPSA) is 53.6 Å². The smallest absolute Gasteiger partial charge is 0.231 e. The van der Waals surface area contributed by atoms with Crippen molar-refractivity contribution < 1.29 is 9.53 Å². The van der Waals surface area contributed by atoms with Crippen LogP contribution in [-0.4, -0.2) is 39.1 Å². The van der Waals surface area contributed by atoms with Crippen LogP contribution in [0.25, 0.3) is 0 Å². The van der Waals surface area contributed by atoms with E-state index in [1.807, 2.05) is 54.4 Å². The molecule has 30 heavy (non-hydrogen) atoms. The second-order valence-corrected chi connectivity index (χ2v) is 7.90. The number of anilines is 1. The fourth-order valence-corrected chi connectivity index (χ4v) is 4.00. The van der Waals surface area contributed by atoms with Gasteiger partial charge in [-0.05, 0) is 50.7 Å². The van der Waals surface area contributed by atoms with Crippen LogP contribution in [0.15, 0.2) is 54.6 Å². The monoisotopic (exact) mass is 409 g/mol. The van der Waals surface area contributed by atoms with E-state index in [9.17, 15) is 4.79 Å². The molecule has 0 saturated carbocycles. The number of hydrogen-bond donors (Lipinski definition) is 2. The first-order chi connectivity index (χ1) is 14.7. The Morgan fingerprint density at radius 1 is 1.13 bits per heavy atom. The Bertz CT molecular complexity index is 781. The first-order valence-corrected chi connectivity index (χ1v) is 11.2. The maximum Gasteiger partial charge on any atom is 0.231 e. The van der Waals surface area contributed by atoms with Crippen LogP contribution >= 0.6 is 0 Å². The number of carbonyl (C=O) groups excluding carboxylic acids is 1. The fourth-order valence-electron chi connectivity index (χ4n) is 4.00. The Hall–Kier alpha value is -2.37. The molecule has 0 radical (unpaired) electrons. The van der Waals surface area contributed by atoms with Crippen LogP contribution in [0.1, 0.15) is 44.3 Å². The molecule has 1 fully saturated rings. The summed E-state index contributed by atoms with van der Waals surface area (Å²) >= 11 is 0. The molecule has 2 atom stereocenters. The van der Waals surface area contributed by atoms with Crippen molar-refractivity contribution in [2.45, 2.75) is 38.7 Å². The Morgan fingerprint density at radius 3 is 2.73 bits per heavy atom. The van der Waals surface area contributed by atoms with Crippen LogP contribution in [0.2, 0.25) is 0 Å². The van der Waals surface area contributed by atoms with Crippen LogP contribution in [-0.2, 0) is 4.79 Å². The highest BCUT2D eigenvalue weighted by Gasteiger charge is 2.27. The van der Waals surface area contributed by atoms with Crippen molar-refractivity contribution in [3.05, 3.63) is 60.2 Å². The highest BCUT2D eigenvalue weighted by atomic mass is 16.5. The third-order valence-corrected chi connectivity index (χ3v) is 5.68. The lowest BCUT2D eigenvalue weighted by Crippen LogP contribution is -2.39. The molecule has 1 saturated heterocycles. The zero-order valence-electron chi connectivity index (χ0n) is 18.3. The van der Waals surface area contributed by atoms with Gasteiger partial charge in [0.25, 0.3) is 0 Å². The average molecular weight is 410 g/mol. The molecule has 3 rings (SSSR count). The fraction of sp³-hybridized carbons (Fsp3) is 0.480. The zero-order chi connectivity index (χ0) is 21.2. The van der Waals surface area contributed by atoms with Gasteiger partial charge in [0.2, 0.25) is 5.91 Å². The summed E-state index contributed by atoms with van der Waals surface area (Å²) in [6, 6.07) is 18.3. The van der Waals surface area contributed by atoms with E-state index >= 15 is 0 Å². The van der Waals surface area contributed by atoms with Crippen LogP contribution in [0, 0.1) is 5.92 Å². The summed E-state index contributed by atoms with van der Waals surface area (Å²) in [5, 5.41) is 6.56. The maximum atomic E-state index is 13.2. The summed E-state index contributed by atoms with van der Waals surface area (Å²) in [6.07, 6.45) is 3.93. The normalized spacial score (nSPS) is 18.1. The number of rotatable bonds is 10. The van der Waals surface area contributed by atoms with Gasteiger partial charge in [-0.1, -0.05) is 49.7 Å². The second-order valence-electron chi connectivity index (χ2n) is 7.90. The minimum absolute atomic E-state index is 0.0322. The molecular formula is C25H35N3O2. The third kappa shape index (κ3) is 6.07. The van der Waals surface area contributed by atoms with E-state index < -0.39 is 0 Å². The number of carbonyl (C=O) groups is 1. The van der Waals surface area contributed by atoms with Crippen LogP contribution < -0.4 is 20.3 Å². The van der Waals surface area contributed by atoms with Gasteiger partial charge in [-0.25, -0.2) is 0 Å². The quantitative estimate of drug-likeness (QED) is 0.619. The molecule has 0 aromatic heterocycles. The molecule has 0 aliphatic carbocycles. The lowest BCUT2D eigenvalue weighted by Gasteiger charge is -2.26. The summed E-state index contributed by atoms with van der Waals surface area (Å²) in [6.45, 7) is 5.36. The van der Waals surface area contributed by atoms with Crippen LogP contribution in [0.4, 0.5) is 5.69 Å². The summed E-state index contributed by atoms with van der Waals surface area (Å²) < 4.78 is 6.40. The highest BCUT2D eigenvalue weighted by Crippen LogP contribution is 2.30. The van der Waals surface area contributed by atoms with Crippen molar-refractivity contribution in [1.29, 1.82) is 0 Å². The Labute approximate surface area is 180 Å². The molecule has 1 heterocycles. The molecule has 2 aromatic rings. The predicted molar refractivity (Wildman–Crippen MR) is 123 cm³/mol. The number of nitrogens with zero attached hydrogens (tertiary/aromatic N) is 1. The molecule has 5 nitrogen and oxygen atoms in total. The largest absolute Gasteiger partial charge is 0.486 e. The Balaban J connectivity index is 1.77. The van der Waals surface area contributed by atoms with E-state index in [4.69, 9.17) is 4.74 Å². The van der Waals surface area contributed by atoms with Gasteiger partial charge in [0.15, 0.2) is 0 Å². The molecule has 2 aromatic carbocycles. The van der Waals surface area contributed by atoms with Gasteiger partial charge in [0.05, 0.1) is 5.92 Å². The average Bonchev–Trinajstić information content (AvgIpc) is 2.97. The van der Waals surface area contributed by atoms with E-state index in [1.165, 1.54) is 0 Å². The lowest BCUT2D eigenvalue weighted by molar-refractivity contribution is -0.122. The van der Waals surface area contributed by atoms with E-state index in [2.05, 4.69) is 29.7 Å². The van der Waals surface area contributed by atoms with Gasteiger partial charge in [0, 0.05) is 31.3 Å². The molecule has 1 unspecified atom stereocenters. The molecule has 5 heteroatoms. The Kier molecular flexibility index (Phi) is 8.72. The summed E-state index contributed by atoms with van der Waals surface area (Å²) in [7, 11) is 1.96. The molecular weight excluding hydrogens is 374 g/mol. The second kappa shape index (κ2) is 11.7. The van der Waals surface area contributed by atoms with Crippen molar-refractivity contribution >= 4 is 11.6 Å². The Morgan fingerprint density at radius 2 is 1.97 bits per heavy atom. The van der Waals surface area contributed by atoms with Gasteiger partial charge in [0.1, 0.15) is 11.9 Å². The highest BCUT2D eigenvalue weighted by molar-refractivity contribution is 5.95. The minimum atomic E-state index is -0.0322. The van der Waals surface area contributed by atoms with E-state index in [-0.39, 0.29) is 17.9 Å². The number of benzene rings is 2. The van der Waals surface area contributed by atoms with Crippen molar-refractivity contribution in [1.82, 2.24) is 10.6 Å². The predicted octanol–water partition coefficient (Wildman–Crippen LogP) is 4.16. The molecule has 1 amide bonds. The standard InChI is InChI=1S/C25H35N3O2/c1-3-27-19-21-12-7-8-17-28(25(21)29)22-13-9-14-23(18-22)30-24(15-16-26-2)20-10-5-4-6-11-20/h4-6,9-11,13-14,18,21,24,26-27H,3,7-8,12,15-17,19H2,1-2H3/t21-,24?/m1/s1. The first-order valence-electron chi connectivity index (χ1n) is 11.2. The SMILES string of the molecule is CCNC[C@H]1CCCCN(c2cccc(OC(CCNC)c3ccccc3)c2)C1=O. The summed E-state index contributed by atoms with van der Waals surface area (Å²) in [5.74, 6) is 1.07. The lowest BCUT2D eigenvalue weighted by atomic mass is 10.0. The molecule has 1 aliphatic rings. The molecule has 0 spiro atoms. The molecule has 2 N–H and O–H groups in total. The summed E-state index contributed by atoms with van der Waals surface area (Å²) in [5.41, 5.74) is 2.09. The first kappa shape index (κ1) is 22.3. The van der Waals surface area contributed by atoms with E-state index in [0.29, 0.717) is 0 Å². The van der Waals surface area contributed by atoms with Gasteiger partial charge < -0.3 is 20.3 Å². The number of ether oxygens (including phenoxy) is 1.